The summed E-state index contributed by atoms with van der Waals surface area (Å²) in [6.45, 7) is 4.98. The molecular formula is C23H29NO7. The molecule has 8 heteroatoms. The standard InChI is InChI=1S/C23H29NO7/c1-14-11-18(15(2)24(14)12-16-7-6-10-30-16)19(25)13-31-23(26)17-8-9-20(27-3)22(29-5)21(17)28-4/h8-9,11,16H,6-7,10,12-13H2,1-5H3. The number of aromatic nitrogens is 1. The number of nitrogens with zero attached hydrogens (tertiary/aromatic N) is 1. The second kappa shape index (κ2) is 9.87. The van der Waals surface area contributed by atoms with Gasteiger partial charge < -0.3 is 28.3 Å². The lowest BCUT2D eigenvalue weighted by Crippen LogP contribution is -2.18. The molecule has 1 saturated heterocycles. The average Bonchev–Trinajstić information content (AvgIpc) is 3.39. The lowest BCUT2D eigenvalue weighted by molar-refractivity contribution is 0.0470. The molecule has 0 radical (unpaired) electrons. The zero-order valence-corrected chi connectivity index (χ0v) is 18.6. The van der Waals surface area contributed by atoms with Crippen molar-refractivity contribution in [3.05, 3.63) is 40.7 Å². The molecule has 31 heavy (non-hydrogen) atoms. The van der Waals surface area contributed by atoms with E-state index in [-0.39, 0.29) is 35.6 Å². The smallest absolute Gasteiger partial charge is 0.342 e. The zero-order chi connectivity index (χ0) is 22.5. The molecule has 168 valence electrons. The topological polar surface area (TPSA) is 85.2 Å². The third kappa shape index (κ3) is 4.69. The minimum Gasteiger partial charge on any atom is -0.493 e. The van der Waals surface area contributed by atoms with Crippen molar-refractivity contribution in [2.75, 3.05) is 34.5 Å². The van der Waals surface area contributed by atoms with Gasteiger partial charge in [0.15, 0.2) is 18.1 Å². The van der Waals surface area contributed by atoms with Gasteiger partial charge in [-0.1, -0.05) is 0 Å². The molecule has 1 atom stereocenters. The third-order valence-electron chi connectivity index (χ3n) is 5.54. The Morgan fingerprint density at radius 1 is 1.06 bits per heavy atom. The lowest BCUT2D eigenvalue weighted by Gasteiger charge is -2.15. The van der Waals surface area contributed by atoms with E-state index < -0.39 is 5.97 Å². The number of hydrogen-bond donors (Lipinski definition) is 0. The maximum absolute atomic E-state index is 12.8. The molecule has 0 bridgehead atoms. The first-order chi connectivity index (χ1) is 14.9. The summed E-state index contributed by atoms with van der Waals surface area (Å²) in [5.41, 5.74) is 2.52. The molecule has 1 fully saturated rings. The quantitative estimate of drug-likeness (QED) is 0.445. The molecule has 1 aromatic carbocycles. The van der Waals surface area contributed by atoms with E-state index in [1.807, 2.05) is 19.9 Å². The van der Waals surface area contributed by atoms with Gasteiger partial charge in [0.25, 0.3) is 0 Å². The molecule has 0 amide bonds. The van der Waals surface area contributed by atoms with Crippen LogP contribution in [-0.4, -0.2) is 57.0 Å². The Kier molecular flexibility index (Phi) is 7.22. The van der Waals surface area contributed by atoms with Crippen molar-refractivity contribution in [2.45, 2.75) is 39.3 Å². The van der Waals surface area contributed by atoms with E-state index in [0.29, 0.717) is 17.9 Å². The fourth-order valence-electron chi connectivity index (χ4n) is 3.90. The van der Waals surface area contributed by atoms with Crippen LogP contribution in [0.15, 0.2) is 18.2 Å². The Balaban J connectivity index is 1.72. The molecule has 0 N–H and O–H groups in total. The van der Waals surface area contributed by atoms with Crippen LogP contribution in [0.2, 0.25) is 0 Å². The first-order valence-corrected chi connectivity index (χ1v) is 10.2. The summed E-state index contributed by atoms with van der Waals surface area (Å²) < 4.78 is 28.9. The van der Waals surface area contributed by atoms with E-state index in [2.05, 4.69) is 4.57 Å². The highest BCUT2D eigenvalue weighted by atomic mass is 16.5. The summed E-state index contributed by atoms with van der Waals surface area (Å²) in [5.74, 6) is -0.0537. The van der Waals surface area contributed by atoms with Crippen molar-refractivity contribution >= 4 is 11.8 Å². The van der Waals surface area contributed by atoms with Crippen LogP contribution in [0.3, 0.4) is 0 Å². The molecule has 2 heterocycles. The summed E-state index contributed by atoms with van der Waals surface area (Å²) in [6.07, 6.45) is 2.25. The first-order valence-electron chi connectivity index (χ1n) is 10.2. The monoisotopic (exact) mass is 431 g/mol. The van der Waals surface area contributed by atoms with Crippen LogP contribution in [-0.2, 0) is 16.0 Å². The number of benzene rings is 1. The number of ketones is 1. The van der Waals surface area contributed by atoms with Crippen molar-refractivity contribution in [2.24, 2.45) is 0 Å². The van der Waals surface area contributed by atoms with Crippen LogP contribution >= 0.6 is 0 Å². The summed E-state index contributed by atoms with van der Waals surface area (Å²) in [5, 5.41) is 0. The molecule has 8 nitrogen and oxygen atoms in total. The van der Waals surface area contributed by atoms with Crippen LogP contribution in [0.5, 0.6) is 17.2 Å². The number of ether oxygens (including phenoxy) is 5. The Hall–Kier alpha value is -3.00. The highest BCUT2D eigenvalue weighted by Crippen LogP contribution is 2.40. The number of esters is 1. The highest BCUT2D eigenvalue weighted by Gasteiger charge is 2.24. The predicted octanol–water partition coefficient (Wildman–Crippen LogP) is 3.35. The number of hydrogen-bond acceptors (Lipinski definition) is 7. The zero-order valence-electron chi connectivity index (χ0n) is 18.6. The van der Waals surface area contributed by atoms with E-state index in [9.17, 15) is 9.59 Å². The second-order valence-corrected chi connectivity index (χ2v) is 7.41. The molecule has 1 aliphatic heterocycles. The normalized spacial score (nSPS) is 15.6. The van der Waals surface area contributed by atoms with Crippen LogP contribution in [0.1, 0.15) is 44.9 Å². The van der Waals surface area contributed by atoms with Crippen LogP contribution in [0, 0.1) is 13.8 Å². The minimum atomic E-state index is -0.681. The molecule has 0 saturated carbocycles. The maximum atomic E-state index is 12.8. The Morgan fingerprint density at radius 2 is 1.81 bits per heavy atom. The van der Waals surface area contributed by atoms with Gasteiger partial charge in [-0.2, -0.15) is 0 Å². The summed E-state index contributed by atoms with van der Waals surface area (Å²) in [7, 11) is 4.36. The van der Waals surface area contributed by atoms with Gasteiger partial charge in [0.2, 0.25) is 11.5 Å². The van der Waals surface area contributed by atoms with Crippen molar-refractivity contribution < 1.29 is 33.3 Å². The van der Waals surface area contributed by atoms with Gasteiger partial charge in [-0.05, 0) is 44.9 Å². The molecule has 1 unspecified atom stereocenters. The predicted molar refractivity (Wildman–Crippen MR) is 114 cm³/mol. The number of carbonyl (C=O) groups excluding carboxylic acids is 2. The van der Waals surface area contributed by atoms with Gasteiger partial charge in [0.1, 0.15) is 5.56 Å². The molecule has 0 aliphatic carbocycles. The van der Waals surface area contributed by atoms with Crippen molar-refractivity contribution in [3.63, 3.8) is 0 Å². The van der Waals surface area contributed by atoms with Crippen LogP contribution < -0.4 is 14.2 Å². The van der Waals surface area contributed by atoms with Crippen LogP contribution in [0.4, 0.5) is 0 Å². The molecular weight excluding hydrogens is 402 g/mol. The Bertz CT molecular complexity index is 957. The van der Waals surface area contributed by atoms with Crippen molar-refractivity contribution in [1.82, 2.24) is 4.57 Å². The van der Waals surface area contributed by atoms with E-state index in [1.54, 1.807) is 6.07 Å². The van der Waals surface area contributed by atoms with Crippen LogP contribution in [0.25, 0.3) is 0 Å². The van der Waals surface area contributed by atoms with Gasteiger partial charge >= 0.3 is 5.97 Å². The third-order valence-corrected chi connectivity index (χ3v) is 5.54. The second-order valence-electron chi connectivity index (χ2n) is 7.41. The maximum Gasteiger partial charge on any atom is 0.342 e. The molecule has 1 aliphatic rings. The summed E-state index contributed by atoms with van der Waals surface area (Å²) >= 11 is 0. The summed E-state index contributed by atoms with van der Waals surface area (Å²) in [6, 6.07) is 4.93. The minimum absolute atomic E-state index is 0.150. The largest absolute Gasteiger partial charge is 0.493 e. The summed E-state index contributed by atoms with van der Waals surface area (Å²) in [4.78, 5) is 25.4. The van der Waals surface area contributed by atoms with Gasteiger partial charge in [-0.3, -0.25) is 4.79 Å². The Morgan fingerprint density at radius 3 is 2.42 bits per heavy atom. The SMILES string of the molecule is COc1ccc(C(=O)OCC(=O)c2cc(C)n(CC3CCCO3)c2C)c(OC)c1OC. The number of methoxy groups -OCH3 is 3. The Labute approximate surface area is 182 Å². The number of rotatable bonds is 9. The number of aryl methyl sites for hydroxylation is 1. The average molecular weight is 431 g/mol. The van der Waals surface area contributed by atoms with Gasteiger partial charge in [0, 0.05) is 30.1 Å². The van der Waals surface area contributed by atoms with E-state index in [0.717, 1.165) is 30.8 Å². The molecule has 1 aromatic heterocycles. The van der Waals surface area contributed by atoms with E-state index in [1.165, 1.54) is 27.4 Å². The van der Waals surface area contributed by atoms with Crippen molar-refractivity contribution in [1.29, 1.82) is 0 Å². The molecule has 3 rings (SSSR count). The fraction of sp³-hybridized carbons (Fsp3) is 0.478. The van der Waals surface area contributed by atoms with E-state index >= 15 is 0 Å². The molecule has 2 aromatic rings. The van der Waals surface area contributed by atoms with Gasteiger partial charge in [-0.25, -0.2) is 4.79 Å². The lowest BCUT2D eigenvalue weighted by atomic mass is 10.1. The van der Waals surface area contributed by atoms with Gasteiger partial charge in [-0.15, -0.1) is 0 Å². The van der Waals surface area contributed by atoms with E-state index in [4.69, 9.17) is 23.7 Å². The highest BCUT2D eigenvalue weighted by molar-refractivity contribution is 6.01. The van der Waals surface area contributed by atoms with Gasteiger partial charge in [0.05, 0.1) is 27.4 Å². The molecule has 0 spiro atoms. The fourth-order valence-corrected chi connectivity index (χ4v) is 3.90. The number of carbonyl (C=O) groups is 2. The van der Waals surface area contributed by atoms with Crippen molar-refractivity contribution in [3.8, 4) is 17.2 Å². The first kappa shape index (κ1) is 22.7. The number of Topliss-reactive ketones (excluding diaryl/α,β-unsaturated/α-hetero) is 1.